The molecule has 2 N–H and O–H groups in total. The summed E-state index contributed by atoms with van der Waals surface area (Å²) in [6.45, 7) is 5.73. The Morgan fingerprint density at radius 1 is 1.26 bits per heavy atom. The van der Waals surface area contributed by atoms with Crippen molar-refractivity contribution in [2.24, 2.45) is 0 Å². The Bertz CT molecular complexity index is 940. The Morgan fingerprint density at radius 2 is 2.07 bits per heavy atom. The number of rotatable bonds is 4. The van der Waals surface area contributed by atoms with E-state index in [0.717, 1.165) is 48.5 Å². The largest absolute Gasteiger partial charge is 0.380 e. The van der Waals surface area contributed by atoms with Crippen LogP contribution in [0.4, 0.5) is 5.69 Å². The predicted octanol–water partition coefficient (Wildman–Crippen LogP) is 4.35. The van der Waals surface area contributed by atoms with Crippen LogP contribution in [-0.2, 0) is 4.79 Å². The van der Waals surface area contributed by atoms with E-state index in [1.807, 2.05) is 36.2 Å². The lowest BCUT2D eigenvalue weighted by Crippen LogP contribution is -2.42. The van der Waals surface area contributed by atoms with Gasteiger partial charge in [-0.3, -0.25) is 9.78 Å². The third-order valence-electron chi connectivity index (χ3n) is 5.32. The van der Waals surface area contributed by atoms with E-state index in [1.54, 1.807) is 0 Å². The highest BCUT2D eigenvalue weighted by Crippen LogP contribution is 2.30. The van der Waals surface area contributed by atoms with E-state index in [0.29, 0.717) is 12.5 Å². The quantitative estimate of drug-likeness (QED) is 0.725. The van der Waals surface area contributed by atoms with Crippen LogP contribution in [0.25, 0.3) is 22.3 Å². The van der Waals surface area contributed by atoms with E-state index in [1.165, 1.54) is 10.9 Å². The molecule has 1 fully saturated rings. The Hall–Kier alpha value is -2.82. The molecule has 1 saturated heterocycles. The van der Waals surface area contributed by atoms with Gasteiger partial charge in [-0.05, 0) is 55.7 Å². The van der Waals surface area contributed by atoms with Crippen LogP contribution in [0.2, 0.25) is 0 Å². The van der Waals surface area contributed by atoms with E-state index < -0.39 is 0 Å². The predicted molar refractivity (Wildman–Crippen MR) is 110 cm³/mol. The lowest BCUT2D eigenvalue weighted by atomic mass is 10.0. The van der Waals surface area contributed by atoms with Gasteiger partial charge in [0, 0.05) is 37.1 Å². The van der Waals surface area contributed by atoms with Gasteiger partial charge < -0.3 is 15.2 Å². The number of aryl methyl sites for hydroxylation is 1. The molecule has 4 rings (SSSR count). The highest BCUT2D eigenvalue weighted by molar-refractivity contribution is 5.95. The minimum atomic E-state index is 0.260. The van der Waals surface area contributed by atoms with Crippen molar-refractivity contribution in [3.05, 3.63) is 48.2 Å². The first kappa shape index (κ1) is 17.6. The average Bonchev–Trinajstić information content (AvgIpc) is 3.13. The summed E-state index contributed by atoms with van der Waals surface area (Å²) in [5.41, 5.74) is 5.46. The van der Waals surface area contributed by atoms with Crippen LogP contribution in [0.3, 0.4) is 0 Å². The molecule has 5 heteroatoms. The Morgan fingerprint density at radius 3 is 2.78 bits per heavy atom. The van der Waals surface area contributed by atoms with Gasteiger partial charge in [0.1, 0.15) is 0 Å². The third kappa shape index (κ3) is 3.68. The van der Waals surface area contributed by atoms with Gasteiger partial charge in [-0.15, -0.1) is 0 Å². The summed E-state index contributed by atoms with van der Waals surface area (Å²) in [5.74, 6) is 0.260. The lowest BCUT2D eigenvalue weighted by Gasteiger charge is -2.33. The summed E-state index contributed by atoms with van der Waals surface area (Å²) in [6.07, 6.45) is 4.37. The summed E-state index contributed by atoms with van der Waals surface area (Å²) in [7, 11) is 0. The molecule has 3 heterocycles. The molecule has 1 amide bonds. The fourth-order valence-corrected chi connectivity index (χ4v) is 3.88. The first-order valence-corrected chi connectivity index (χ1v) is 9.73. The zero-order valence-corrected chi connectivity index (χ0v) is 16.0. The standard InChI is InChI=1S/C22H26N4O/c1-3-21(27)26-10-7-17(8-11-26)24-20-13-15(2)12-16-14-19(25-22(16)20)18-6-4-5-9-23-18/h4-6,9,12-14,17,24-25H,3,7-8,10-11H2,1-2H3. The molecule has 27 heavy (non-hydrogen) atoms. The van der Waals surface area contributed by atoms with Crippen LogP contribution in [0.1, 0.15) is 31.7 Å². The summed E-state index contributed by atoms with van der Waals surface area (Å²) in [4.78, 5) is 21.9. The molecule has 140 valence electrons. The molecule has 2 aromatic heterocycles. The van der Waals surface area contributed by atoms with Crippen molar-refractivity contribution in [3.63, 3.8) is 0 Å². The van der Waals surface area contributed by atoms with Crippen LogP contribution in [0.5, 0.6) is 0 Å². The second-order valence-corrected chi connectivity index (χ2v) is 7.33. The van der Waals surface area contributed by atoms with Crippen LogP contribution in [0.15, 0.2) is 42.6 Å². The normalized spacial score (nSPS) is 15.3. The van der Waals surface area contributed by atoms with Crippen molar-refractivity contribution < 1.29 is 4.79 Å². The van der Waals surface area contributed by atoms with Gasteiger partial charge in [0.2, 0.25) is 5.91 Å². The number of piperidine rings is 1. The minimum absolute atomic E-state index is 0.260. The molecule has 0 bridgehead atoms. The number of H-pyrrole nitrogens is 1. The molecule has 3 aromatic rings. The van der Waals surface area contributed by atoms with Crippen molar-refractivity contribution in [1.82, 2.24) is 14.9 Å². The van der Waals surface area contributed by atoms with Gasteiger partial charge in [-0.1, -0.05) is 13.0 Å². The topological polar surface area (TPSA) is 61.0 Å². The molecule has 0 spiro atoms. The van der Waals surface area contributed by atoms with Crippen molar-refractivity contribution in [3.8, 4) is 11.4 Å². The van der Waals surface area contributed by atoms with Crippen LogP contribution in [0, 0.1) is 6.92 Å². The van der Waals surface area contributed by atoms with Crippen molar-refractivity contribution >= 4 is 22.5 Å². The maximum atomic E-state index is 11.9. The number of amides is 1. The molecule has 0 saturated carbocycles. The highest BCUT2D eigenvalue weighted by Gasteiger charge is 2.22. The second kappa shape index (κ2) is 7.43. The highest BCUT2D eigenvalue weighted by atomic mass is 16.2. The molecule has 1 aliphatic rings. The SMILES string of the molecule is CCC(=O)N1CCC(Nc2cc(C)cc3cc(-c4ccccn4)[nH]c23)CC1. The van der Waals surface area contributed by atoms with Gasteiger partial charge >= 0.3 is 0 Å². The Balaban J connectivity index is 1.57. The van der Waals surface area contributed by atoms with E-state index in [2.05, 4.69) is 40.4 Å². The number of nitrogens with one attached hydrogen (secondary N) is 2. The van der Waals surface area contributed by atoms with Crippen molar-refractivity contribution in [2.45, 2.75) is 39.2 Å². The summed E-state index contributed by atoms with van der Waals surface area (Å²) >= 11 is 0. The maximum Gasteiger partial charge on any atom is 0.222 e. The molecule has 1 aliphatic heterocycles. The van der Waals surface area contributed by atoms with Gasteiger partial charge in [-0.2, -0.15) is 0 Å². The van der Waals surface area contributed by atoms with Crippen LogP contribution < -0.4 is 5.32 Å². The fraction of sp³-hybridized carbons (Fsp3) is 0.364. The second-order valence-electron chi connectivity index (χ2n) is 7.33. The fourth-order valence-electron chi connectivity index (χ4n) is 3.88. The molecule has 0 radical (unpaired) electrons. The number of anilines is 1. The first-order chi connectivity index (χ1) is 13.1. The number of pyridine rings is 1. The molecule has 0 atom stereocenters. The van der Waals surface area contributed by atoms with Crippen molar-refractivity contribution in [1.29, 1.82) is 0 Å². The number of aromatic nitrogens is 2. The number of benzene rings is 1. The maximum absolute atomic E-state index is 11.9. The molecule has 0 aliphatic carbocycles. The summed E-state index contributed by atoms with van der Waals surface area (Å²) < 4.78 is 0. The third-order valence-corrected chi connectivity index (χ3v) is 5.32. The monoisotopic (exact) mass is 362 g/mol. The Labute approximate surface area is 159 Å². The van der Waals surface area contributed by atoms with Gasteiger partial charge in [0.05, 0.1) is 22.6 Å². The molecule has 1 aromatic carbocycles. The molecule has 0 unspecified atom stereocenters. The minimum Gasteiger partial charge on any atom is -0.380 e. The van der Waals surface area contributed by atoms with Gasteiger partial charge in [0.25, 0.3) is 0 Å². The van der Waals surface area contributed by atoms with E-state index in [4.69, 9.17) is 0 Å². The number of hydrogen-bond donors (Lipinski definition) is 2. The smallest absolute Gasteiger partial charge is 0.222 e. The zero-order valence-electron chi connectivity index (χ0n) is 16.0. The number of aromatic amines is 1. The zero-order chi connectivity index (χ0) is 18.8. The number of carbonyl (C=O) groups excluding carboxylic acids is 1. The number of likely N-dealkylation sites (tertiary alicyclic amines) is 1. The molecule has 5 nitrogen and oxygen atoms in total. The van der Waals surface area contributed by atoms with E-state index in [-0.39, 0.29) is 5.91 Å². The van der Waals surface area contributed by atoms with Gasteiger partial charge in [-0.25, -0.2) is 0 Å². The van der Waals surface area contributed by atoms with Crippen molar-refractivity contribution in [2.75, 3.05) is 18.4 Å². The van der Waals surface area contributed by atoms with Crippen LogP contribution >= 0.6 is 0 Å². The number of fused-ring (bicyclic) bond motifs is 1. The van der Waals surface area contributed by atoms with E-state index >= 15 is 0 Å². The number of hydrogen-bond acceptors (Lipinski definition) is 3. The average molecular weight is 362 g/mol. The number of carbonyl (C=O) groups is 1. The number of nitrogens with zero attached hydrogens (tertiary/aromatic N) is 2. The lowest BCUT2D eigenvalue weighted by molar-refractivity contribution is -0.131. The summed E-state index contributed by atoms with van der Waals surface area (Å²) in [6, 6.07) is 12.9. The molecular weight excluding hydrogens is 336 g/mol. The van der Waals surface area contributed by atoms with E-state index in [9.17, 15) is 4.79 Å². The van der Waals surface area contributed by atoms with Crippen LogP contribution in [-0.4, -0.2) is 39.9 Å². The molecular formula is C22H26N4O. The van der Waals surface area contributed by atoms with Gasteiger partial charge in [0.15, 0.2) is 0 Å². The first-order valence-electron chi connectivity index (χ1n) is 9.73. The Kier molecular flexibility index (Phi) is 4.84. The summed E-state index contributed by atoms with van der Waals surface area (Å²) in [5, 5.41) is 4.91.